The van der Waals surface area contributed by atoms with Crippen LogP contribution in [0.4, 0.5) is 5.69 Å². The second kappa shape index (κ2) is 6.29. The molecule has 0 atom stereocenters. The highest BCUT2D eigenvalue weighted by atomic mass is 16.5. The maximum absolute atomic E-state index is 6.00. The maximum atomic E-state index is 6.00. The standard InChI is InChI=1S/C16H24N2O/c1-2-10-18(11-3-1)12-13-19-15-8-4-6-14-7-5-9-17-16(14)15/h4,6,8,17H,1-3,5,7,9-13H2. The molecule has 1 fully saturated rings. The maximum Gasteiger partial charge on any atom is 0.142 e. The lowest BCUT2D eigenvalue weighted by molar-refractivity contribution is 0.183. The lowest BCUT2D eigenvalue weighted by Gasteiger charge is -2.27. The summed E-state index contributed by atoms with van der Waals surface area (Å²) in [6.45, 7) is 5.42. The highest BCUT2D eigenvalue weighted by Gasteiger charge is 2.14. The molecule has 2 aliphatic heterocycles. The molecule has 2 heterocycles. The summed E-state index contributed by atoms with van der Waals surface area (Å²) in [6, 6.07) is 6.41. The molecule has 3 nitrogen and oxygen atoms in total. The summed E-state index contributed by atoms with van der Waals surface area (Å²) >= 11 is 0. The van der Waals surface area contributed by atoms with Gasteiger partial charge in [-0.05, 0) is 50.4 Å². The summed E-state index contributed by atoms with van der Waals surface area (Å²) in [5.74, 6) is 1.04. The van der Waals surface area contributed by atoms with E-state index in [1.54, 1.807) is 0 Å². The van der Waals surface area contributed by atoms with E-state index in [1.807, 2.05) is 0 Å². The first-order chi connectivity index (χ1) is 9.43. The van der Waals surface area contributed by atoms with Gasteiger partial charge in [-0.2, -0.15) is 0 Å². The third-order valence-electron chi connectivity index (χ3n) is 4.15. The smallest absolute Gasteiger partial charge is 0.142 e. The van der Waals surface area contributed by atoms with Gasteiger partial charge in [-0.15, -0.1) is 0 Å². The van der Waals surface area contributed by atoms with Gasteiger partial charge in [0.25, 0.3) is 0 Å². The molecular weight excluding hydrogens is 236 g/mol. The zero-order valence-electron chi connectivity index (χ0n) is 11.7. The van der Waals surface area contributed by atoms with Crippen molar-refractivity contribution in [3.05, 3.63) is 23.8 Å². The van der Waals surface area contributed by atoms with Crippen LogP contribution < -0.4 is 10.1 Å². The number of hydrogen-bond donors (Lipinski definition) is 1. The molecule has 0 spiro atoms. The quantitative estimate of drug-likeness (QED) is 0.901. The highest BCUT2D eigenvalue weighted by molar-refractivity contribution is 5.63. The van der Waals surface area contributed by atoms with Crippen LogP contribution in [-0.2, 0) is 6.42 Å². The van der Waals surface area contributed by atoms with Gasteiger partial charge in [0.15, 0.2) is 0 Å². The Hall–Kier alpha value is -1.22. The fourth-order valence-electron chi connectivity index (χ4n) is 3.07. The van der Waals surface area contributed by atoms with Gasteiger partial charge in [-0.1, -0.05) is 18.6 Å². The van der Waals surface area contributed by atoms with Gasteiger partial charge in [0.2, 0.25) is 0 Å². The lowest BCUT2D eigenvalue weighted by Crippen LogP contribution is -2.33. The minimum Gasteiger partial charge on any atom is -0.490 e. The Morgan fingerprint density at radius 2 is 2.00 bits per heavy atom. The first kappa shape index (κ1) is 12.8. The van der Waals surface area contributed by atoms with Gasteiger partial charge in [0.1, 0.15) is 12.4 Å². The lowest BCUT2D eigenvalue weighted by atomic mass is 10.0. The number of rotatable bonds is 4. The number of nitrogens with one attached hydrogen (secondary N) is 1. The van der Waals surface area contributed by atoms with Crippen LogP contribution in [0.2, 0.25) is 0 Å². The Kier molecular flexibility index (Phi) is 4.23. The molecule has 1 aromatic rings. The van der Waals surface area contributed by atoms with Crippen molar-refractivity contribution in [3.63, 3.8) is 0 Å². The van der Waals surface area contributed by atoms with Gasteiger partial charge in [-0.25, -0.2) is 0 Å². The zero-order chi connectivity index (χ0) is 12.9. The SMILES string of the molecule is c1cc2c(c(OCCN3CCCCC3)c1)NCCC2. The number of ether oxygens (including phenoxy) is 1. The van der Waals surface area contributed by atoms with Gasteiger partial charge in [0, 0.05) is 13.1 Å². The molecule has 0 aromatic heterocycles. The molecule has 0 bridgehead atoms. The van der Waals surface area contributed by atoms with E-state index in [0.29, 0.717) is 0 Å². The minimum atomic E-state index is 0.804. The van der Waals surface area contributed by atoms with Crippen LogP contribution in [0.25, 0.3) is 0 Å². The Bertz CT molecular complexity index is 413. The Balaban J connectivity index is 1.54. The molecule has 0 aliphatic carbocycles. The number of anilines is 1. The summed E-state index contributed by atoms with van der Waals surface area (Å²) in [5.41, 5.74) is 2.63. The summed E-state index contributed by atoms with van der Waals surface area (Å²) in [4.78, 5) is 2.52. The van der Waals surface area contributed by atoms with E-state index in [-0.39, 0.29) is 0 Å². The Morgan fingerprint density at radius 1 is 1.11 bits per heavy atom. The summed E-state index contributed by atoms with van der Waals surface area (Å²) in [6.07, 6.45) is 6.49. The van der Waals surface area contributed by atoms with E-state index in [0.717, 1.165) is 25.4 Å². The largest absolute Gasteiger partial charge is 0.490 e. The number of aryl methyl sites for hydroxylation is 1. The Labute approximate surface area is 115 Å². The number of benzene rings is 1. The topological polar surface area (TPSA) is 24.5 Å². The fraction of sp³-hybridized carbons (Fsp3) is 0.625. The number of nitrogens with zero attached hydrogens (tertiary/aromatic N) is 1. The average Bonchev–Trinajstić information content (AvgIpc) is 2.49. The number of para-hydroxylation sites is 1. The van der Waals surface area contributed by atoms with Crippen molar-refractivity contribution < 1.29 is 4.74 Å². The van der Waals surface area contributed by atoms with Crippen molar-refractivity contribution >= 4 is 5.69 Å². The van der Waals surface area contributed by atoms with Gasteiger partial charge >= 0.3 is 0 Å². The summed E-state index contributed by atoms with van der Waals surface area (Å²) in [5, 5.41) is 3.48. The number of hydrogen-bond acceptors (Lipinski definition) is 3. The predicted molar refractivity (Wildman–Crippen MR) is 79.0 cm³/mol. The second-order valence-electron chi connectivity index (χ2n) is 5.57. The normalized spacial score (nSPS) is 19.6. The van der Waals surface area contributed by atoms with Crippen molar-refractivity contribution in [3.8, 4) is 5.75 Å². The molecule has 0 saturated carbocycles. The minimum absolute atomic E-state index is 0.804. The second-order valence-corrected chi connectivity index (χ2v) is 5.57. The molecule has 3 rings (SSSR count). The molecule has 2 aliphatic rings. The molecule has 0 unspecified atom stereocenters. The first-order valence-electron chi connectivity index (χ1n) is 7.64. The van der Waals surface area contributed by atoms with Crippen LogP contribution in [0.3, 0.4) is 0 Å². The van der Waals surface area contributed by atoms with Gasteiger partial charge in [-0.3, -0.25) is 4.90 Å². The van der Waals surface area contributed by atoms with Crippen molar-refractivity contribution in [1.29, 1.82) is 0 Å². The van der Waals surface area contributed by atoms with E-state index in [2.05, 4.69) is 28.4 Å². The summed E-state index contributed by atoms with van der Waals surface area (Å²) < 4.78 is 6.00. The van der Waals surface area contributed by atoms with Crippen LogP contribution in [0.5, 0.6) is 5.75 Å². The van der Waals surface area contributed by atoms with Gasteiger partial charge < -0.3 is 10.1 Å². The third-order valence-corrected chi connectivity index (χ3v) is 4.15. The number of piperidine rings is 1. The molecule has 104 valence electrons. The molecule has 1 saturated heterocycles. The van der Waals surface area contributed by atoms with Crippen molar-refractivity contribution in [1.82, 2.24) is 4.90 Å². The van der Waals surface area contributed by atoms with Crippen molar-refractivity contribution in [2.75, 3.05) is 38.1 Å². The van der Waals surface area contributed by atoms with E-state index in [1.165, 1.54) is 56.4 Å². The molecule has 3 heteroatoms. The van der Waals surface area contributed by atoms with Crippen LogP contribution in [0.1, 0.15) is 31.2 Å². The van der Waals surface area contributed by atoms with Gasteiger partial charge in [0.05, 0.1) is 5.69 Å². The fourth-order valence-corrected chi connectivity index (χ4v) is 3.07. The van der Waals surface area contributed by atoms with E-state index in [9.17, 15) is 0 Å². The van der Waals surface area contributed by atoms with Crippen molar-refractivity contribution in [2.24, 2.45) is 0 Å². The monoisotopic (exact) mass is 260 g/mol. The van der Waals surface area contributed by atoms with Crippen molar-refractivity contribution in [2.45, 2.75) is 32.1 Å². The number of fused-ring (bicyclic) bond motifs is 1. The first-order valence-corrected chi connectivity index (χ1v) is 7.64. The predicted octanol–water partition coefficient (Wildman–Crippen LogP) is 2.91. The summed E-state index contributed by atoms with van der Waals surface area (Å²) in [7, 11) is 0. The average molecular weight is 260 g/mol. The highest BCUT2D eigenvalue weighted by Crippen LogP contribution is 2.31. The van der Waals surface area contributed by atoms with Crippen LogP contribution in [0, 0.1) is 0 Å². The molecule has 0 amide bonds. The number of likely N-dealkylation sites (tertiary alicyclic amines) is 1. The molecule has 1 aromatic carbocycles. The molecule has 19 heavy (non-hydrogen) atoms. The molecule has 1 N–H and O–H groups in total. The molecular formula is C16H24N2O. The van der Waals surface area contributed by atoms with E-state index < -0.39 is 0 Å². The van der Waals surface area contributed by atoms with Crippen LogP contribution in [-0.4, -0.2) is 37.7 Å². The molecule has 0 radical (unpaired) electrons. The third kappa shape index (κ3) is 3.21. The van der Waals surface area contributed by atoms with Crippen LogP contribution >= 0.6 is 0 Å². The zero-order valence-corrected chi connectivity index (χ0v) is 11.7. The van der Waals surface area contributed by atoms with E-state index in [4.69, 9.17) is 4.74 Å². The van der Waals surface area contributed by atoms with Crippen LogP contribution in [0.15, 0.2) is 18.2 Å². The van der Waals surface area contributed by atoms with E-state index >= 15 is 0 Å². The Morgan fingerprint density at radius 3 is 2.89 bits per heavy atom.